The molecule has 0 unspecified atom stereocenters. The summed E-state index contributed by atoms with van der Waals surface area (Å²) in [6, 6.07) is 15.8. The minimum Gasteiger partial charge on any atom is -0.325 e. The summed E-state index contributed by atoms with van der Waals surface area (Å²) in [5, 5.41) is 22.6. The topological polar surface area (TPSA) is 106 Å². The van der Waals surface area contributed by atoms with Gasteiger partial charge in [0, 0.05) is 36.6 Å². The Morgan fingerprint density at radius 2 is 1.96 bits per heavy atom. The summed E-state index contributed by atoms with van der Waals surface area (Å²) < 4.78 is 1.98. The monoisotopic (exact) mass is 396 g/mol. The normalized spacial score (nSPS) is 12.6. The molecule has 0 atom stereocenters. The van der Waals surface area contributed by atoms with Gasteiger partial charge in [0.1, 0.15) is 0 Å². The van der Waals surface area contributed by atoms with E-state index in [2.05, 4.69) is 20.4 Å². The molecule has 1 aromatic heterocycles. The van der Waals surface area contributed by atoms with Gasteiger partial charge in [-0.1, -0.05) is 36.0 Å². The number of para-hydroxylation sites is 1. The number of thioether (sulfide) groups is 1. The molecular formula is C18H16N6O3S. The van der Waals surface area contributed by atoms with Crippen LogP contribution >= 0.6 is 11.8 Å². The summed E-state index contributed by atoms with van der Waals surface area (Å²) >= 11 is 1.28. The Morgan fingerprint density at radius 3 is 2.75 bits per heavy atom. The number of aromatic nitrogens is 3. The molecule has 0 radical (unpaired) electrons. The number of nitrogens with one attached hydrogen (secondary N) is 1. The Kier molecular flexibility index (Phi) is 4.94. The second-order valence-electron chi connectivity index (χ2n) is 6.07. The van der Waals surface area contributed by atoms with Gasteiger partial charge in [-0.2, -0.15) is 0 Å². The van der Waals surface area contributed by atoms with Crippen molar-refractivity contribution in [2.24, 2.45) is 0 Å². The lowest BCUT2D eigenvalue weighted by Crippen LogP contribution is -2.15. The van der Waals surface area contributed by atoms with Crippen LogP contribution in [0.1, 0.15) is 0 Å². The third-order valence-electron chi connectivity index (χ3n) is 4.23. The summed E-state index contributed by atoms with van der Waals surface area (Å²) in [6.45, 7) is 1.54. The molecule has 10 heteroatoms. The number of non-ortho nitro benzene ring substituents is 1. The van der Waals surface area contributed by atoms with Crippen LogP contribution in [0.4, 0.5) is 23.0 Å². The maximum atomic E-state index is 12.2. The van der Waals surface area contributed by atoms with E-state index in [0.717, 1.165) is 24.7 Å². The molecule has 1 amide bonds. The van der Waals surface area contributed by atoms with Gasteiger partial charge in [-0.3, -0.25) is 19.5 Å². The van der Waals surface area contributed by atoms with E-state index in [0.29, 0.717) is 10.8 Å². The van der Waals surface area contributed by atoms with E-state index in [4.69, 9.17) is 0 Å². The Hall–Kier alpha value is -3.40. The van der Waals surface area contributed by atoms with Crippen LogP contribution in [0.25, 0.3) is 0 Å². The number of hydrogen-bond donors (Lipinski definition) is 1. The fourth-order valence-corrected chi connectivity index (χ4v) is 3.72. The Labute approximate surface area is 164 Å². The third kappa shape index (κ3) is 3.67. The minimum absolute atomic E-state index is 0.0678. The summed E-state index contributed by atoms with van der Waals surface area (Å²) in [4.78, 5) is 24.6. The van der Waals surface area contributed by atoms with Gasteiger partial charge in [0.2, 0.25) is 11.9 Å². The zero-order valence-corrected chi connectivity index (χ0v) is 15.5. The van der Waals surface area contributed by atoms with Gasteiger partial charge in [-0.15, -0.1) is 10.2 Å². The first-order valence-corrected chi connectivity index (χ1v) is 9.53. The number of rotatable bonds is 6. The number of amides is 1. The summed E-state index contributed by atoms with van der Waals surface area (Å²) in [6.07, 6.45) is 0. The predicted molar refractivity (Wildman–Crippen MR) is 106 cm³/mol. The van der Waals surface area contributed by atoms with Gasteiger partial charge < -0.3 is 10.2 Å². The highest BCUT2D eigenvalue weighted by Gasteiger charge is 2.26. The third-order valence-corrected chi connectivity index (χ3v) is 5.19. The lowest BCUT2D eigenvalue weighted by molar-refractivity contribution is -0.384. The number of carbonyl (C=O) groups excluding carboxylic acids is 1. The van der Waals surface area contributed by atoms with E-state index in [1.165, 1.54) is 30.0 Å². The second kappa shape index (κ2) is 7.69. The van der Waals surface area contributed by atoms with Crippen molar-refractivity contribution >= 4 is 40.7 Å². The van der Waals surface area contributed by atoms with Gasteiger partial charge in [0.05, 0.1) is 10.7 Å². The van der Waals surface area contributed by atoms with Crippen LogP contribution in [0, 0.1) is 10.1 Å². The minimum atomic E-state index is -0.498. The Bertz CT molecular complexity index is 1020. The fraction of sp³-hybridized carbons (Fsp3) is 0.167. The molecule has 2 heterocycles. The molecule has 28 heavy (non-hydrogen) atoms. The van der Waals surface area contributed by atoms with Crippen molar-refractivity contribution in [3.8, 4) is 0 Å². The van der Waals surface area contributed by atoms with Gasteiger partial charge >= 0.3 is 0 Å². The van der Waals surface area contributed by atoms with E-state index < -0.39 is 4.92 Å². The molecule has 0 saturated heterocycles. The molecular weight excluding hydrogens is 380 g/mol. The van der Waals surface area contributed by atoms with Gasteiger partial charge in [0.25, 0.3) is 5.69 Å². The molecule has 0 spiro atoms. The van der Waals surface area contributed by atoms with E-state index >= 15 is 0 Å². The van der Waals surface area contributed by atoms with E-state index in [9.17, 15) is 14.9 Å². The molecule has 1 aliphatic rings. The van der Waals surface area contributed by atoms with Crippen LogP contribution in [-0.4, -0.2) is 37.9 Å². The molecule has 9 nitrogen and oxygen atoms in total. The molecule has 0 fully saturated rings. The SMILES string of the molecule is O=C(CSc1nnc2n1CCN2c1ccccc1)Nc1cccc([N+](=O)[O-])c1. The molecule has 1 aliphatic heterocycles. The maximum absolute atomic E-state index is 12.2. The van der Waals surface area contributed by atoms with Crippen LogP contribution in [-0.2, 0) is 11.3 Å². The first kappa shape index (κ1) is 18.0. The van der Waals surface area contributed by atoms with Crippen LogP contribution in [0.3, 0.4) is 0 Å². The maximum Gasteiger partial charge on any atom is 0.271 e. The molecule has 4 rings (SSSR count). The molecule has 3 aromatic rings. The summed E-state index contributed by atoms with van der Waals surface area (Å²) in [7, 11) is 0. The van der Waals surface area contributed by atoms with Gasteiger partial charge in [-0.05, 0) is 18.2 Å². The molecule has 142 valence electrons. The number of nitro groups is 1. The van der Waals surface area contributed by atoms with Crippen molar-refractivity contribution in [3.05, 3.63) is 64.7 Å². The number of nitro benzene ring substituents is 1. The number of nitrogens with zero attached hydrogens (tertiary/aromatic N) is 5. The fourth-order valence-electron chi connectivity index (χ4n) is 2.96. The molecule has 0 aliphatic carbocycles. The molecule has 1 N–H and O–H groups in total. The highest BCUT2D eigenvalue weighted by molar-refractivity contribution is 7.99. The lowest BCUT2D eigenvalue weighted by Gasteiger charge is -2.14. The average Bonchev–Trinajstić information content (AvgIpc) is 3.29. The second-order valence-corrected chi connectivity index (χ2v) is 7.01. The van der Waals surface area contributed by atoms with Crippen molar-refractivity contribution in [1.82, 2.24) is 14.8 Å². The number of hydrogen-bond acceptors (Lipinski definition) is 7. The zero-order chi connectivity index (χ0) is 19.5. The quantitative estimate of drug-likeness (QED) is 0.388. The predicted octanol–water partition coefficient (Wildman–Crippen LogP) is 3.07. The highest BCUT2D eigenvalue weighted by Crippen LogP contribution is 2.31. The average molecular weight is 396 g/mol. The van der Waals surface area contributed by atoms with Crippen molar-refractivity contribution in [1.29, 1.82) is 0 Å². The van der Waals surface area contributed by atoms with E-state index in [-0.39, 0.29) is 17.3 Å². The Balaban J connectivity index is 1.39. The van der Waals surface area contributed by atoms with Crippen LogP contribution < -0.4 is 10.2 Å². The standard InChI is InChI=1S/C18H16N6O3S/c25-16(19-13-5-4-8-15(11-13)24(26)27)12-28-18-21-20-17-22(9-10-23(17)18)14-6-2-1-3-7-14/h1-8,11H,9-10,12H2,(H,19,25). The van der Waals surface area contributed by atoms with Crippen molar-refractivity contribution in [2.75, 3.05) is 22.5 Å². The number of carbonyl (C=O) groups is 1. The molecule has 2 aromatic carbocycles. The number of fused-ring (bicyclic) bond motifs is 1. The van der Waals surface area contributed by atoms with E-state index in [1.807, 2.05) is 34.9 Å². The highest BCUT2D eigenvalue weighted by atomic mass is 32.2. The first-order valence-electron chi connectivity index (χ1n) is 8.55. The van der Waals surface area contributed by atoms with Crippen LogP contribution in [0.2, 0.25) is 0 Å². The Morgan fingerprint density at radius 1 is 1.14 bits per heavy atom. The molecule has 0 saturated carbocycles. The smallest absolute Gasteiger partial charge is 0.271 e. The van der Waals surface area contributed by atoms with Crippen molar-refractivity contribution in [3.63, 3.8) is 0 Å². The summed E-state index contributed by atoms with van der Waals surface area (Å²) in [5.74, 6) is 0.625. The lowest BCUT2D eigenvalue weighted by atomic mass is 10.3. The van der Waals surface area contributed by atoms with Crippen molar-refractivity contribution in [2.45, 2.75) is 11.7 Å². The van der Waals surface area contributed by atoms with Crippen molar-refractivity contribution < 1.29 is 9.72 Å². The van der Waals surface area contributed by atoms with Crippen LogP contribution in [0.15, 0.2) is 59.8 Å². The number of benzene rings is 2. The van der Waals surface area contributed by atoms with Gasteiger partial charge in [-0.25, -0.2) is 0 Å². The van der Waals surface area contributed by atoms with Gasteiger partial charge in [0.15, 0.2) is 5.16 Å². The van der Waals surface area contributed by atoms with Crippen LogP contribution in [0.5, 0.6) is 0 Å². The molecule has 0 bridgehead atoms. The number of anilines is 3. The summed E-state index contributed by atoms with van der Waals surface area (Å²) in [5.41, 5.74) is 1.37. The largest absolute Gasteiger partial charge is 0.325 e. The zero-order valence-electron chi connectivity index (χ0n) is 14.7. The van der Waals surface area contributed by atoms with E-state index in [1.54, 1.807) is 6.07 Å². The first-order chi connectivity index (χ1) is 13.6.